The monoisotopic (exact) mass is 417 g/mol. The van der Waals surface area contributed by atoms with Crippen molar-refractivity contribution in [3.8, 4) is 0 Å². The Labute approximate surface area is 181 Å². The quantitative estimate of drug-likeness (QED) is 0.425. The van der Waals surface area contributed by atoms with Crippen LogP contribution in [0, 0.1) is 0 Å². The summed E-state index contributed by atoms with van der Waals surface area (Å²) in [6.45, 7) is 16.2. The first-order chi connectivity index (χ1) is 14.4. The van der Waals surface area contributed by atoms with Crippen LogP contribution in [0.2, 0.25) is 0 Å². The van der Waals surface area contributed by atoms with Crippen molar-refractivity contribution >= 4 is 11.9 Å². The number of morpholine rings is 1. The third kappa shape index (κ3) is 7.61. The van der Waals surface area contributed by atoms with Crippen molar-refractivity contribution in [2.24, 2.45) is 4.99 Å². The average Bonchev–Trinajstić information content (AvgIpc) is 2.76. The summed E-state index contributed by atoms with van der Waals surface area (Å²) < 4.78 is 5.47. The van der Waals surface area contributed by atoms with Gasteiger partial charge in [-0.25, -0.2) is 4.99 Å². The minimum absolute atomic E-state index is 0.00788. The molecule has 2 rings (SSSR count). The highest BCUT2D eigenvalue weighted by Crippen LogP contribution is 2.15. The molecule has 1 unspecified atom stereocenters. The van der Waals surface area contributed by atoms with Crippen molar-refractivity contribution in [3.05, 3.63) is 35.4 Å². The van der Waals surface area contributed by atoms with Gasteiger partial charge in [-0.15, -0.1) is 0 Å². The third-order valence-corrected chi connectivity index (χ3v) is 5.50. The van der Waals surface area contributed by atoms with Crippen LogP contribution < -0.4 is 16.0 Å². The summed E-state index contributed by atoms with van der Waals surface area (Å²) in [4.78, 5) is 19.6. The second-order valence-electron chi connectivity index (χ2n) is 8.44. The van der Waals surface area contributed by atoms with Crippen LogP contribution in [0.3, 0.4) is 0 Å². The van der Waals surface area contributed by atoms with Crippen molar-refractivity contribution in [2.75, 3.05) is 39.4 Å². The van der Waals surface area contributed by atoms with Crippen LogP contribution in [0.4, 0.5) is 0 Å². The molecule has 7 heteroatoms. The standard InChI is InChI=1S/C23H39N5O2/c1-6-18(3)27-21(29)20-10-8-9-19(15-20)16-25-22(24-7-2)26-17-23(4,5)28-11-13-30-14-12-28/h8-10,15,18H,6-7,11-14,16-17H2,1-5H3,(H,27,29)(H2,24,25,26). The molecular weight excluding hydrogens is 378 g/mol. The van der Waals surface area contributed by atoms with Gasteiger partial charge in [0.1, 0.15) is 0 Å². The van der Waals surface area contributed by atoms with E-state index in [0.29, 0.717) is 12.1 Å². The van der Waals surface area contributed by atoms with Gasteiger partial charge in [-0.1, -0.05) is 19.1 Å². The fraction of sp³-hybridized carbons (Fsp3) is 0.652. The molecule has 1 aliphatic heterocycles. The minimum atomic E-state index is -0.0347. The molecule has 1 saturated heterocycles. The van der Waals surface area contributed by atoms with Crippen molar-refractivity contribution in [3.63, 3.8) is 0 Å². The number of hydrogen-bond donors (Lipinski definition) is 3. The zero-order valence-corrected chi connectivity index (χ0v) is 19.3. The number of rotatable bonds is 9. The van der Waals surface area contributed by atoms with Crippen molar-refractivity contribution in [1.29, 1.82) is 0 Å². The number of guanidine groups is 1. The summed E-state index contributed by atoms with van der Waals surface area (Å²) in [5, 5.41) is 9.81. The molecule has 1 fully saturated rings. The molecule has 0 radical (unpaired) electrons. The second-order valence-corrected chi connectivity index (χ2v) is 8.44. The highest BCUT2D eigenvalue weighted by Gasteiger charge is 2.28. The number of benzene rings is 1. The van der Waals surface area contributed by atoms with Gasteiger partial charge in [-0.3, -0.25) is 9.69 Å². The van der Waals surface area contributed by atoms with E-state index in [1.165, 1.54) is 0 Å². The third-order valence-electron chi connectivity index (χ3n) is 5.50. The van der Waals surface area contributed by atoms with Gasteiger partial charge in [0.25, 0.3) is 5.91 Å². The Morgan fingerprint density at radius 2 is 1.97 bits per heavy atom. The zero-order valence-electron chi connectivity index (χ0n) is 19.3. The Morgan fingerprint density at radius 1 is 1.23 bits per heavy atom. The summed E-state index contributed by atoms with van der Waals surface area (Å²) in [7, 11) is 0. The van der Waals surface area contributed by atoms with Gasteiger partial charge in [0.2, 0.25) is 0 Å². The van der Waals surface area contributed by atoms with Crippen LogP contribution in [-0.4, -0.2) is 67.7 Å². The molecule has 0 aromatic heterocycles. The minimum Gasteiger partial charge on any atom is -0.379 e. The molecule has 3 N–H and O–H groups in total. The normalized spacial score (nSPS) is 16.8. The number of nitrogens with zero attached hydrogens (tertiary/aromatic N) is 2. The molecule has 0 aliphatic carbocycles. The largest absolute Gasteiger partial charge is 0.379 e. The molecule has 1 atom stereocenters. The molecule has 0 saturated carbocycles. The zero-order chi connectivity index (χ0) is 22.0. The van der Waals surface area contributed by atoms with Gasteiger partial charge in [0.05, 0.1) is 19.8 Å². The van der Waals surface area contributed by atoms with Gasteiger partial charge in [-0.2, -0.15) is 0 Å². The second kappa shape index (κ2) is 11.9. The molecule has 1 amide bonds. The van der Waals surface area contributed by atoms with Gasteiger partial charge in [0, 0.05) is 43.3 Å². The molecule has 7 nitrogen and oxygen atoms in total. The van der Waals surface area contributed by atoms with Crippen LogP contribution in [0.15, 0.2) is 29.3 Å². The van der Waals surface area contributed by atoms with Crippen LogP contribution in [0.1, 0.15) is 57.0 Å². The Balaban J connectivity index is 1.98. The van der Waals surface area contributed by atoms with Crippen LogP contribution in [0.5, 0.6) is 0 Å². The van der Waals surface area contributed by atoms with E-state index in [9.17, 15) is 4.79 Å². The van der Waals surface area contributed by atoms with Crippen molar-refractivity contribution in [2.45, 2.75) is 59.2 Å². The first kappa shape index (κ1) is 24.2. The van der Waals surface area contributed by atoms with Crippen LogP contribution in [-0.2, 0) is 11.3 Å². The molecule has 1 heterocycles. The molecule has 0 spiro atoms. The average molecular weight is 418 g/mol. The van der Waals surface area contributed by atoms with Crippen molar-refractivity contribution in [1.82, 2.24) is 20.9 Å². The number of carbonyl (C=O) groups is 1. The fourth-order valence-corrected chi connectivity index (χ4v) is 3.31. The molecule has 1 aromatic rings. The number of ether oxygens (including phenoxy) is 1. The lowest BCUT2D eigenvalue weighted by Crippen LogP contribution is -2.56. The number of hydrogen-bond acceptors (Lipinski definition) is 4. The van der Waals surface area contributed by atoms with Gasteiger partial charge < -0.3 is 20.7 Å². The van der Waals surface area contributed by atoms with E-state index in [4.69, 9.17) is 9.73 Å². The van der Waals surface area contributed by atoms with E-state index in [1.54, 1.807) is 0 Å². The molecule has 1 aromatic carbocycles. The Bertz CT molecular complexity index is 699. The van der Waals surface area contributed by atoms with E-state index < -0.39 is 0 Å². The Kier molecular flexibility index (Phi) is 9.59. The lowest BCUT2D eigenvalue weighted by atomic mass is 10.0. The molecule has 1 aliphatic rings. The SMILES string of the molecule is CCNC(=NCc1cccc(C(=O)NC(C)CC)c1)NCC(C)(C)N1CCOCC1. The Hall–Kier alpha value is -2.12. The van der Waals surface area contributed by atoms with Crippen molar-refractivity contribution < 1.29 is 9.53 Å². The maximum atomic E-state index is 12.4. The van der Waals surface area contributed by atoms with Gasteiger partial charge >= 0.3 is 0 Å². The number of nitrogens with one attached hydrogen (secondary N) is 3. The van der Waals surface area contributed by atoms with Gasteiger partial charge in [-0.05, 0) is 51.8 Å². The Morgan fingerprint density at radius 3 is 2.63 bits per heavy atom. The first-order valence-electron chi connectivity index (χ1n) is 11.1. The van der Waals surface area contributed by atoms with Gasteiger partial charge in [0.15, 0.2) is 5.96 Å². The summed E-state index contributed by atoms with van der Waals surface area (Å²) in [5.74, 6) is 0.751. The highest BCUT2D eigenvalue weighted by atomic mass is 16.5. The summed E-state index contributed by atoms with van der Waals surface area (Å²) in [6, 6.07) is 7.85. The predicted octanol–water partition coefficient (Wildman–Crippen LogP) is 2.38. The fourth-order valence-electron chi connectivity index (χ4n) is 3.31. The van der Waals surface area contributed by atoms with Crippen LogP contribution >= 0.6 is 0 Å². The van der Waals surface area contributed by atoms with E-state index in [-0.39, 0.29) is 17.5 Å². The lowest BCUT2D eigenvalue weighted by molar-refractivity contribution is -0.00834. The smallest absolute Gasteiger partial charge is 0.251 e. The summed E-state index contributed by atoms with van der Waals surface area (Å²) in [5.41, 5.74) is 1.69. The topological polar surface area (TPSA) is 78.0 Å². The van der Waals surface area contributed by atoms with E-state index in [1.807, 2.05) is 31.2 Å². The highest BCUT2D eigenvalue weighted by molar-refractivity contribution is 5.94. The maximum absolute atomic E-state index is 12.4. The summed E-state index contributed by atoms with van der Waals surface area (Å²) >= 11 is 0. The first-order valence-corrected chi connectivity index (χ1v) is 11.1. The number of aliphatic imine (C=N–C) groups is 1. The molecule has 0 bridgehead atoms. The van der Waals surface area contributed by atoms with E-state index in [0.717, 1.165) is 57.3 Å². The van der Waals surface area contributed by atoms with E-state index >= 15 is 0 Å². The number of carbonyl (C=O) groups excluding carboxylic acids is 1. The molecule has 168 valence electrons. The number of amides is 1. The summed E-state index contributed by atoms with van der Waals surface area (Å²) in [6.07, 6.45) is 0.911. The maximum Gasteiger partial charge on any atom is 0.251 e. The lowest BCUT2D eigenvalue weighted by Gasteiger charge is -2.41. The molecule has 30 heavy (non-hydrogen) atoms. The predicted molar refractivity (Wildman–Crippen MR) is 123 cm³/mol. The van der Waals surface area contributed by atoms with Crippen LogP contribution in [0.25, 0.3) is 0 Å². The van der Waals surface area contributed by atoms with E-state index in [2.05, 4.69) is 48.5 Å². The molecular formula is C23H39N5O2.